The molecule has 2 aliphatic heterocycles. The van der Waals surface area contributed by atoms with Crippen LogP contribution in [0, 0.1) is 12.8 Å². The molecule has 2 aliphatic rings. The van der Waals surface area contributed by atoms with E-state index >= 15 is 0 Å². The van der Waals surface area contributed by atoms with Crippen LogP contribution in [0.1, 0.15) is 50.9 Å². The van der Waals surface area contributed by atoms with E-state index in [-0.39, 0.29) is 11.8 Å². The number of likely N-dealkylation sites (tertiary alicyclic amines) is 1. The first-order valence-electron chi connectivity index (χ1n) is 10.6. The van der Waals surface area contributed by atoms with Crippen LogP contribution in [0.3, 0.4) is 0 Å². The zero-order chi connectivity index (χ0) is 19.9. The summed E-state index contributed by atoms with van der Waals surface area (Å²) >= 11 is 0. The van der Waals surface area contributed by atoms with Crippen molar-refractivity contribution in [1.82, 2.24) is 25.5 Å². The highest BCUT2D eigenvalue weighted by Crippen LogP contribution is 2.23. The average Bonchev–Trinajstić information content (AvgIpc) is 2.90. The van der Waals surface area contributed by atoms with Gasteiger partial charge in [-0.1, -0.05) is 13.8 Å². The van der Waals surface area contributed by atoms with Crippen LogP contribution in [0.25, 0.3) is 0 Å². The molecule has 2 N–H and O–H groups in total. The number of carbonyl (C=O) groups is 1. The van der Waals surface area contributed by atoms with Crippen molar-refractivity contribution in [3.8, 4) is 0 Å². The highest BCUT2D eigenvalue weighted by atomic mass is 16.5. The van der Waals surface area contributed by atoms with Crippen LogP contribution in [0.5, 0.6) is 0 Å². The molecule has 0 saturated carbocycles. The van der Waals surface area contributed by atoms with Crippen molar-refractivity contribution < 1.29 is 9.53 Å². The second-order valence-electron chi connectivity index (χ2n) is 8.46. The lowest BCUT2D eigenvalue weighted by Gasteiger charge is -2.36. The predicted octanol–water partition coefficient (Wildman–Crippen LogP) is 1.66. The van der Waals surface area contributed by atoms with E-state index in [9.17, 15) is 4.79 Å². The van der Waals surface area contributed by atoms with E-state index in [0.717, 1.165) is 63.4 Å². The summed E-state index contributed by atoms with van der Waals surface area (Å²) in [5, 5.41) is 6.77. The third-order valence-electron chi connectivity index (χ3n) is 5.70. The molecule has 1 amide bonds. The second-order valence-corrected chi connectivity index (χ2v) is 8.46. The maximum absolute atomic E-state index is 12.9. The van der Waals surface area contributed by atoms with Gasteiger partial charge in [-0.05, 0) is 32.6 Å². The first kappa shape index (κ1) is 21.1. The third kappa shape index (κ3) is 6.22. The van der Waals surface area contributed by atoms with E-state index in [1.807, 2.05) is 6.92 Å². The summed E-state index contributed by atoms with van der Waals surface area (Å²) in [5.41, 5.74) is 1.68. The minimum atomic E-state index is 0.0141. The molecule has 2 fully saturated rings. The number of aryl methyl sites for hydroxylation is 1. The monoisotopic (exact) mass is 389 g/mol. The third-order valence-corrected chi connectivity index (χ3v) is 5.70. The summed E-state index contributed by atoms with van der Waals surface area (Å²) in [6.07, 6.45) is 7.53. The Morgan fingerprint density at radius 2 is 1.96 bits per heavy atom. The zero-order valence-corrected chi connectivity index (χ0v) is 17.5. The lowest BCUT2D eigenvalue weighted by atomic mass is 10.00. The van der Waals surface area contributed by atoms with Crippen LogP contribution in [-0.2, 0) is 16.1 Å². The Hall–Kier alpha value is -1.57. The lowest BCUT2D eigenvalue weighted by molar-refractivity contribution is -0.126. The fourth-order valence-electron chi connectivity index (χ4n) is 4.23. The van der Waals surface area contributed by atoms with Crippen molar-refractivity contribution >= 4 is 5.91 Å². The minimum Gasteiger partial charge on any atom is -0.381 e. The molecule has 0 unspecified atom stereocenters. The van der Waals surface area contributed by atoms with Crippen molar-refractivity contribution in [3.05, 3.63) is 23.8 Å². The molecule has 3 heterocycles. The maximum atomic E-state index is 12.9. The van der Waals surface area contributed by atoms with E-state index in [0.29, 0.717) is 24.7 Å². The van der Waals surface area contributed by atoms with Gasteiger partial charge in [-0.3, -0.25) is 19.7 Å². The molecule has 7 heteroatoms. The van der Waals surface area contributed by atoms with Crippen molar-refractivity contribution in [2.75, 3.05) is 26.3 Å². The molecule has 0 bridgehead atoms. The second kappa shape index (κ2) is 10.3. The molecular formula is C21H35N5O2. The molecule has 28 heavy (non-hydrogen) atoms. The summed E-state index contributed by atoms with van der Waals surface area (Å²) in [5.74, 6) is 0.143. The first-order valence-corrected chi connectivity index (χ1v) is 10.6. The number of hydrogen-bond donors (Lipinski definition) is 2. The summed E-state index contributed by atoms with van der Waals surface area (Å²) in [4.78, 5) is 24.0. The number of ether oxygens (including phenoxy) is 1. The molecular weight excluding hydrogens is 354 g/mol. The van der Waals surface area contributed by atoms with Gasteiger partial charge in [0.05, 0.1) is 30.0 Å². The Labute approximate surface area is 168 Å². The Bertz CT molecular complexity index is 616. The van der Waals surface area contributed by atoms with E-state index < -0.39 is 0 Å². The van der Waals surface area contributed by atoms with Gasteiger partial charge in [-0.2, -0.15) is 0 Å². The first-order chi connectivity index (χ1) is 13.5. The number of nitrogens with one attached hydrogen (secondary N) is 2. The average molecular weight is 390 g/mol. The Kier molecular flexibility index (Phi) is 7.76. The van der Waals surface area contributed by atoms with Crippen molar-refractivity contribution in [2.24, 2.45) is 5.92 Å². The van der Waals surface area contributed by atoms with Gasteiger partial charge in [0, 0.05) is 50.6 Å². The van der Waals surface area contributed by atoms with Gasteiger partial charge < -0.3 is 15.4 Å². The summed E-state index contributed by atoms with van der Waals surface area (Å²) in [7, 11) is 0. The van der Waals surface area contributed by atoms with Crippen LogP contribution in [0.4, 0.5) is 0 Å². The smallest absolute Gasteiger partial charge is 0.224 e. The highest BCUT2D eigenvalue weighted by Gasteiger charge is 2.32. The SMILES string of the molecule is Cc1cnc(CNC(=O)[C@@H]2CC[C@H](NC(C)C)CN(C3CCOCC3)C2)cn1. The van der Waals surface area contributed by atoms with Gasteiger partial charge in [0.1, 0.15) is 0 Å². The maximum Gasteiger partial charge on any atom is 0.224 e. The van der Waals surface area contributed by atoms with Crippen LogP contribution in [0.15, 0.2) is 12.4 Å². The molecule has 7 nitrogen and oxygen atoms in total. The van der Waals surface area contributed by atoms with Gasteiger partial charge in [0.25, 0.3) is 0 Å². The summed E-state index contributed by atoms with van der Waals surface area (Å²) in [6, 6.07) is 1.40. The molecule has 2 atom stereocenters. The molecule has 0 spiro atoms. The van der Waals surface area contributed by atoms with Crippen molar-refractivity contribution in [3.63, 3.8) is 0 Å². The van der Waals surface area contributed by atoms with E-state index in [1.165, 1.54) is 0 Å². The predicted molar refractivity (Wildman–Crippen MR) is 109 cm³/mol. The summed E-state index contributed by atoms with van der Waals surface area (Å²) < 4.78 is 5.55. The molecule has 0 aromatic carbocycles. The quantitative estimate of drug-likeness (QED) is 0.770. The van der Waals surface area contributed by atoms with E-state index in [4.69, 9.17) is 4.74 Å². The molecule has 1 aromatic heterocycles. The highest BCUT2D eigenvalue weighted by molar-refractivity contribution is 5.78. The zero-order valence-electron chi connectivity index (χ0n) is 17.5. The van der Waals surface area contributed by atoms with Gasteiger partial charge in [-0.15, -0.1) is 0 Å². The number of hydrogen-bond acceptors (Lipinski definition) is 6. The molecule has 3 rings (SSSR count). The van der Waals surface area contributed by atoms with E-state index in [1.54, 1.807) is 12.4 Å². The molecule has 156 valence electrons. The minimum absolute atomic E-state index is 0.0141. The number of carbonyl (C=O) groups excluding carboxylic acids is 1. The van der Waals surface area contributed by atoms with Gasteiger partial charge in [0.2, 0.25) is 5.91 Å². The number of amides is 1. The molecule has 2 saturated heterocycles. The number of nitrogens with zero attached hydrogens (tertiary/aromatic N) is 3. The number of aromatic nitrogens is 2. The lowest BCUT2D eigenvalue weighted by Crippen LogP contribution is -2.49. The molecule has 0 radical (unpaired) electrons. The van der Waals surface area contributed by atoms with Gasteiger partial charge in [-0.25, -0.2) is 0 Å². The topological polar surface area (TPSA) is 79.4 Å². The van der Waals surface area contributed by atoms with Gasteiger partial charge in [0.15, 0.2) is 0 Å². The fraction of sp³-hybridized carbons (Fsp3) is 0.762. The van der Waals surface area contributed by atoms with Crippen molar-refractivity contribution in [2.45, 2.75) is 71.1 Å². The number of rotatable bonds is 6. The Morgan fingerprint density at radius 1 is 1.18 bits per heavy atom. The van der Waals surface area contributed by atoms with E-state index in [2.05, 4.69) is 39.3 Å². The van der Waals surface area contributed by atoms with Crippen LogP contribution < -0.4 is 10.6 Å². The van der Waals surface area contributed by atoms with Crippen LogP contribution in [-0.4, -0.2) is 65.2 Å². The van der Waals surface area contributed by atoms with Crippen LogP contribution >= 0.6 is 0 Å². The summed E-state index contributed by atoms with van der Waals surface area (Å²) in [6.45, 7) is 10.2. The normalized spacial score (nSPS) is 24.9. The molecule has 0 aliphatic carbocycles. The van der Waals surface area contributed by atoms with Crippen LogP contribution in [0.2, 0.25) is 0 Å². The Balaban J connectivity index is 1.61. The standard InChI is InChI=1S/C21H35N5O2/c1-15(2)25-18-5-4-17(13-26(14-18)20-6-8-28-9-7-20)21(27)24-12-19-11-22-16(3)10-23-19/h10-11,15,17-18,20,25H,4-9,12-14H2,1-3H3,(H,24,27)/t17-,18+/m1/s1. The fourth-order valence-corrected chi connectivity index (χ4v) is 4.23. The Morgan fingerprint density at radius 3 is 2.64 bits per heavy atom. The van der Waals surface area contributed by atoms with Gasteiger partial charge >= 0.3 is 0 Å². The van der Waals surface area contributed by atoms with Crippen molar-refractivity contribution in [1.29, 1.82) is 0 Å². The largest absolute Gasteiger partial charge is 0.381 e. The molecule has 1 aromatic rings.